The van der Waals surface area contributed by atoms with Crippen LogP contribution < -0.4 is 5.56 Å². The maximum atomic E-state index is 12.5. The number of hydrogen-bond donors (Lipinski definition) is 0. The lowest BCUT2D eigenvalue weighted by Gasteiger charge is -2.10. The number of thiophene rings is 1. The first-order chi connectivity index (χ1) is 13.1. The van der Waals surface area contributed by atoms with Crippen molar-refractivity contribution in [2.75, 3.05) is 0 Å². The van der Waals surface area contributed by atoms with Gasteiger partial charge in [0.15, 0.2) is 5.16 Å². The van der Waals surface area contributed by atoms with Crippen LogP contribution >= 0.6 is 23.1 Å². The summed E-state index contributed by atoms with van der Waals surface area (Å²) in [6.07, 6.45) is 2.38. The van der Waals surface area contributed by atoms with Gasteiger partial charge < -0.3 is 4.57 Å². The summed E-state index contributed by atoms with van der Waals surface area (Å²) in [7, 11) is 1.74. The predicted molar refractivity (Wildman–Crippen MR) is 106 cm³/mol. The van der Waals surface area contributed by atoms with Crippen LogP contribution in [0.15, 0.2) is 21.4 Å². The number of aromatic nitrogens is 7. The van der Waals surface area contributed by atoms with E-state index in [1.54, 1.807) is 23.4 Å². The van der Waals surface area contributed by atoms with E-state index in [0.717, 1.165) is 27.0 Å². The molecule has 1 aliphatic rings. The molecule has 4 heterocycles. The van der Waals surface area contributed by atoms with E-state index in [1.807, 2.05) is 15.8 Å². The molecule has 0 bridgehead atoms. The third-order valence-electron chi connectivity index (χ3n) is 4.85. The minimum atomic E-state index is -0.0332. The molecule has 0 atom stereocenters. The van der Waals surface area contributed by atoms with Crippen LogP contribution in [0.5, 0.6) is 0 Å². The molecule has 1 aliphatic carbocycles. The highest BCUT2D eigenvalue weighted by Gasteiger charge is 2.30. The minimum Gasteiger partial charge on any atom is -0.303 e. The van der Waals surface area contributed by atoms with Crippen molar-refractivity contribution in [3.8, 4) is 0 Å². The number of fused-ring (bicyclic) bond motifs is 3. The quantitative estimate of drug-likeness (QED) is 0.478. The van der Waals surface area contributed by atoms with E-state index in [0.29, 0.717) is 23.5 Å². The van der Waals surface area contributed by atoms with Crippen molar-refractivity contribution >= 4 is 39.1 Å². The van der Waals surface area contributed by atoms with Crippen molar-refractivity contribution in [1.82, 2.24) is 33.9 Å². The maximum absolute atomic E-state index is 12.5. The Balaban J connectivity index is 1.54. The molecule has 5 rings (SSSR count). The fourth-order valence-corrected chi connectivity index (χ4v) is 5.11. The summed E-state index contributed by atoms with van der Waals surface area (Å²) in [5, 5.41) is 20.3. The molecule has 0 unspecified atom stereocenters. The van der Waals surface area contributed by atoms with Gasteiger partial charge in [-0.1, -0.05) is 25.6 Å². The summed E-state index contributed by atoms with van der Waals surface area (Å²) in [6.45, 7) is 4.30. The van der Waals surface area contributed by atoms with Crippen LogP contribution in [-0.2, 0) is 12.8 Å². The Kier molecular flexibility index (Phi) is 3.87. The van der Waals surface area contributed by atoms with E-state index in [-0.39, 0.29) is 5.56 Å². The van der Waals surface area contributed by atoms with Gasteiger partial charge in [-0.2, -0.15) is 0 Å². The summed E-state index contributed by atoms with van der Waals surface area (Å²) in [6, 6.07) is 2.48. The van der Waals surface area contributed by atoms with Gasteiger partial charge in [0.1, 0.15) is 16.3 Å². The van der Waals surface area contributed by atoms with Gasteiger partial charge in [0.05, 0.1) is 11.3 Å². The molecule has 1 saturated carbocycles. The lowest BCUT2D eigenvalue weighted by molar-refractivity contribution is 0.599. The van der Waals surface area contributed by atoms with Gasteiger partial charge in [-0.3, -0.25) is 13.8 Å². The van der Waals surface area contributed by atoms with Crippen molar-refractivity contribution in [2.45, 2.75) is 49.6 Å². The normalized spacial score (nSPS) is 14.8. The number of rotatable bonds is 5. The second-order valence-electron chi connectivity index (χ2n) is 7.14. The summed E-state index contributed by atoms with van der Waals surface area (Å²) in [5.74, 6) is 3.39. The second-order valence-corrected chi connectivity index (χ2v) is 8.99. The van der Waals surface area contributed by atoms with E-state index in [2.05, 4.69) is 38.8 Å². The zero-order chi connectivity index (χ0) is 18.7. The molecule has 4 aromatic rings. The lowest BCUT2D eigenvalue weighted by Crippen LogP contribution is -2.19. The molecular weight excluding hydrogens is 382 g/mol. The third kappa shape index (κ3) is 2.61. The minimum absolute atomic E-state index is 0.0332. The van der Waals surface area contributed by atoms with Crippen LogP contribution in [0, 0.1) is 0 Å². The Morgan fingerprint density at radius 2 is 2.07 bits per heavy atom. The molecule has 8 nitrogen and oxygen atoms in total. The monoisotopic (exact) mass is 401 g/mol. The van der Waals surface area contributed by atoms with Gasteiger partial charge in [0.2, 0.25) is 5.78 Å². The molecule has 0 radical (unpaired) electrons. The fourth-order valence-electron chi connectivity index (χ4n) is 3.33. The number of hydrogen-bond acceptors (Lipinski definition) is 7. The summed E-state index contributed by atoms with van der Waals surface area (Å²) in [4.78, 5) is 12.5. The van der Waals surface area contributed by atoms with Gasteiger partial charge >= 0.3 is 0 Å². The molecule has 4 aromatic heterocycles. The summed E-state index contributed by atoms with van der Waals surface area (Å²) < 4.78 is 6.54. The molecular formula is C17H19N7OS2. The van der Waals surface area contributed by atoms with E-state index in [1.165, 1.54) is 24.2 Å². The third-order valence-corrected chi connectivity index (χ3v) is 6.68. The number of aryl methyl sites for hydroxylation is 1. The zero-order valence-corrected chi connectivity index (χ0v) is 16.9. The van der Waals surface area contributed by atoms with Crippen molar-refractivity contribution < 1.29 is 0 Å². The van der Waals surface area contributed by atoms with Crippen LogP contribution in [0.4, 0.5) is 0 Å². The predicted octanol–water partition coefficient (Wildman–Crippen LogP) is 2.98. The Hall–Kier alpha value is -2.20. The van der Waals surface area contributed by atoms with E-state index >= 15 is 0 Å². The molecule has 1 fully saturated rings. The van der Waals surface area contributed by atoms with E-state index < -0.39 is 0 Å². The topological polar surface area (TPSA) is 82.9 Å². The van der Waals surface area contributed by atoms with Crippen molar-refractivity contribution in [1.29, 1.82) is 0 Å². The number of nitrogens with zero attached hydrogens (tertiary/aromatic N) is 7. The Morgan fingerprint density at radius 1 is 1.26 bits per heavy atom. The second kappa shape index (κ2) is 6.16. The van der Waals surface area contributed by atoms with Gasteiger partial charge in [-0.15, -0.1) is 31.7 Å². The molecule has 0 spiro atoms. The average molecular weight is 402 g/mol. The van der Waals surface area contributed by atoms with Gasteiger partial charge in [-0.05, 0) is 24.3 Å². The van der Waals surface area contributed by atoms with Crippen LogP contribution in [0.3, 0.4) is 0 Å². The molecule has 0 aliphatic heterocycles. The molecule has 0 saturated heterocycles. The van der Waals surface area contributed by atoms with Gasteiger partial charge in [-0.25, -0.2) is 0 Å². The van der Waals surface area contributed by atoms with E-state index in [4.69, 9.17) is 0 Å². The maximum Gasteiger partial charge on any atom is 0.272 e. The van der Waals surface area contributed by atoms with Gasteiger partial charge in [0.25, 0.3) is 5.56 Å². The Labute approximate surface area is 163 Å². The van der Waals surface area contributed by atoms with Crippen LogP contribution in [0.1, 0.15) is 50.3 Å². The lowest BCUT2D eigenvalue weighted by atomic mass is 10.2. The Morgan fingerprint density at radius 3 is 2.81 bits per heavy atom. The first kappa shape index (κ1) is 16.9. The average Bonchev–Trinajstić information content (AvgIpc) is 3.08. The SMILES string of the molecule is CC(C)c1nnc(SCc2nnc3n(C)c(=O)c4sccc4n23)n1C1CC1. The first-order valence-corrected chi connectivity index (χ1v) is 10.8. The van der Waals surface area contributed by atoms with E-state index in [9.17, 15) is 4.79 Å². The van der Waals surface area contributed by atoms with Crippen LogP contribution in [-0.4, -0.2) is 33.9 Å². The molecule has 10 heteroatoms. The Bertz CT molecular complexity index is 1210. The molecule has 140 valence electrons. The summed E-state index contributed by atoms with van der Waals surface area (Å²) in [5.41, 5.74) is 0.833. The highest BCUT2D eigenvalue weighted by atomic mass is 32.2. The van der Waals surface area contributed by atoms with Crippen LogP contribution in [0.25, 0.3) is 16.0 Å². The molecule has 0 aromatic carbocycles. The smallest absolute Gasteiger partial charge is 0.272 e. The highest BCUT2D eigenvalue weighted by Crippen LogP contribution is 2.40. The fraction of sp³-hybridized carbons (Fsp3) is 0.471. The van der Waals surface area contributed by atoms with Gasteiger partial charge in [0, 0.05) is 19.0 Å². The standard InChI is InChI=1S/C17H19N7OS2/c1-9(2)14-19-21-17(23(14)10-4-5-10)27-8-12-18-20-16-22(3)15(25)13-11(24(12)16)6-7-26-13/h6-7,9-10H,4-5,8H2,1-3H3. The van der Waals surface area contributed by atoms with Crippen LogP contribution in [0.2, 0.25) is 0 Å². The number of thioether (sulfide) groups is 1. The van der Waals surface area contributed by atoms with Crippen molar-refractivity contribution in [3.63, 3.8) is 0 Å². The largest absolute Gasteiger partial charge is 0.303 e. The van der Waals surface area contributed by atoms with Crippen molar-refractivity contribution in [2.24, 2.45) is 7.05 Å². The van der Waals surface area contributed by atoms with Crippen molar-refractivity contribution in [3.05, 3.63) is 33.4 Å². The molecule has 27 heavy (non-hydrogen) atoms. The first-order valence-electron chi connectivity index (χ1n) is 8.94. The highest BCUT2D eigenvalue weighted by molar-refractivity contribution is 7.98. The molecule has 0 amide bonds. The zero-order valence-electron chi connectivity index (χ0n) is 15.3. The molecule has 0 N–H and O–H groups in total. The summed E-state index contributed by atoms with van der Waals surface area (Å²) >= 11 is 3.08.